The van der Waals surface area contributed by atoms with E-state index in [0.717, 1.165) is 5.56 Å². The van der Waals surface area contributed by atoms with Gasteiger partial charge in [0, 0.05) is 18.7 Å². The van der Waals surface area contributed by atoms with Crippen LogP contribution in [0.2, 0.25) is 0 Å². The Balaban J connectivity index is 1.94. The Morgan fingerprint density at radius 1 is 1.04 bits per heavy atom. The van der Waals surface area contributed by atoms with Crippen LogP contribution in [0.3, 0.4) is 0 Å². The third-order valence-corrected chi connectivity index (χ3v) is 3.55. The Bertz CT molecular complexity index is 667. The Labute approximate surface area is 136 Å². The van der Waals surface area contributed by atoms with Crippen molar-refractivity contribution in [2.24, 2.45) is 0 Å². The smallest absolute Gasteiger partial charge is 0.260 e. The number of ether oxygens (including phenoxy) is 1. The molecule has 4 heteroatoms. The van der Waals surface area contributed by atoms with Crippen LogP contribution in [0.5, 0.6) is 5.75 Å². The van der Waals surface area contributed by atoms with E-state index in [-0.39, 0.29) is 18.3 Å². The summed E-state index contributed by atoms with van der Waals surface area (Å²) in [5.74, 6) is 0.424. The number of likely N-dealkylation sites (N-methyl/N-ethyl adjacent to an activating group) is 1. The van der Waals surface area contributed by atoms with Gasteiger partial charge in [-0.15, -0.1) is 0 Å². The number of Topliss-reactive ketones (excluding diaryl/α,β-unsaturated/α-hetero) is 1. The summed E-state index contributed by atoms with van der Waals surface area (Å²) in [6.07, 6.45) is 0. The lowest BCUT2D eigenvalue weighted by Crippen LogP contribution is -2.34. The van der Waals surface area contributed by atoms with E-state index in [0.29, 0.717) is 24.4 Å². The molecule has 0 saturated carbocycles. The van der Waals surface area contributed by atoms with E-state index in [1.54, 1.807) is 29.2 Å². The van der Waals surface area contributed by atoms with Gasteiger partial charge in [-0.3, -0.25) is 9.59 Å². The van der Waals surface area contributed by atoms with E-state index in [4.69, 9.17) is 4.74 Å². The van der Waals surface area contributed by atoms with Crippen LogP contribution in [0.15, 0.2) is 54.6 Å². The molecule has 0 N–H and O–H groups in total. The number of rotatable bonds is 7. The minimum absolute atomic E-state index is 0.0268. The molecule has 0 unspecified atom stereocenters. The van der Waals surface area contributed by atoms with Crippen LogP contribution in [0.4, 0.5) is 0 Å². The predicted octanol–water partition coefficient (Wildman–Crippen LogP) is 3.32. The van der Waals surface area contributed by atoms with E-state index < -0.39 is 0 Å². The molecule has 1 amide bonds. The summed E-state index contributed by atoms with van der Waals surface area (Å²) in [6.45, 7) is 4.58. The Morgan fingerprint density at radius 3 is 2.43 bits per heavy atom. The van der Waals surface area contributed by atoms with Gasteiger partial charge in [0.1, 0.15) is 5.75 Å². The Morgan fingerprint density at radius 2 is 1.78 bits per heavy atom. The van der Waals surface area contributed by atoms with Crippen LogP contribution in [-0.4, -0.2) is 29.7 Å². The van der Waals surface area contributed by atoms with Crippen molar-refractivity contribution in [2.75, 3.05) is 13.2 Å². The highest BCUT2D eigenvalue weighted by atomic mass is 16.5. The predicted molar refractivity (Wildman–Crippen MR) is 89.5 cm³/mol. The van der Waals surface area contributed by atoms with Crippen LogP contribution in [0.1, 0.15) is 29.8 Å². The maximum Gasteiger partial charge on any atom is 0.260 e. The van der Waals surface area contributed by atoms with Crippen LogP contribution in [0, 0.1) is 0 Å². The minimum Gasteiger partial charge on any atom is -0.484 e. The second kappa shape index (κ2) is 8.13. The van der Waals surface area contributed by atoms with Gasteiger partial charge in [-0.1, -0.05) is 42.5 Å². The van der Waals surface area contributed by atoms with Crippen LogP contribution >= 0.6 is 0 Å². The molecule has 4 nitrogen and oxygen atoms in total. The average molecular weight is 311 g/mol. The molecule has 0 aliphatic rings. The normalized spacial score (nSPS) is 10.2. The topological polar surface area (TPSA) is 46.6 Å². The molecule has 0 aliphatic carbocycles. The molecule has 0 spiro atoms. The van der Waals surface area contributed by atoms with Crippen molar-refractivity contribution >= 4 is 11.7 Å². The molecule has 0 bridgehead atoms. The molecule has 0 heterocycles. The van der Waals surface area contributed by atoms with Gasteiger partial charge in [0.2, 0.25) is 0 Å². The van der Waals surface area contributed by atoms with Crippen LogP contribution in [0.25, 0.3) is 0 Å². The highest BCUT2D eigenvalue weighted by molar-refractivity contribution is 5.94. The van der Waals surface area contributed by atoms with Gasteiger partial charge >= 0.3 is 0 Å². The zero-order chi connectivity index (χ0) is 16.7. The third-order valence-electron chi connectivity index (χ3n) is 3.55. The molecule has 0 radical (unpaired) electrons. The van der Waals surface area contributed by atoms with Gasteiger partial charge in [-0.05, 0) is 31.5 Å². The van der Waals surface area contributed by atoms with Gasteiger partial charge < -0.3 is 9.64 Å². The lowest BCUT2D eigenvalue weighted by molar-refractivity contribution is -0.133. The van der Waals surface area contributed by atoms with Crippen molar-refractivity contribution in [3.05, 3.63) is 65.7 Å². The van der Waals surface area contributed by atoms with Crippen molar-refractivity contribution in [2.45, 2.75) is 20.4 Å². The number of ketones is 1. The SMILES string of the molecule is CCN(Cc1ccccc1)C(=O)COc1cccc(C(C)=O)c1. The molecular formula is C19H21NO3. The number of carbonyl (C=O) groups is 2. The average Bonchev–Trinajstić information content (AvgIpc) is 2.58. The van der Waals surface area contributed by atoms with Crippen molar-refractivity contribution in [1.29, 1.82) is 0 Å². The van der Waals surface area contributed by atoms with E-state index in [1.165, 1.54) is 6.92 Å². The first-order chi connectivity index (χ1) is 11.1. The molecule has 23 heavy (non-hydrogen) atoms. The first kappa shape index (κ1) is 16.7. The van der Waals surface area contributed by atoms with E-state index >= 15 is 0 Å². The summed E-state index contributed by atoms with van der Waals surface area (Å²) >= 11 is 0. The summed E-state index contributed by atoms with van der Waals surface area (Å²) < 4.78 is 5.54. The molecule has 0 saturated heterocycles. The second-order valence-corrected chi connectivity index (χ2v) is 5.27. The molecule has 0 aliphatic heterocycles. The van der Waals surface area contributed by atoms with Gasteiger partial charge in [0.25, 0.3) is 5.91 Å². The fourth-order valence-electron chi connectivity index (χ4n) is 2.22. The highest BCUT2D eigenvalue weighted by Crippen LogP contribution is 2.14. The Kier molecular flexibility index (Phi) is 5.92. The standard InChI is InChI=1S/C19H21NO3/c1-3-20(13-16-8-5-4-6-9-16)19(22)14-23-18-11-7-10-17(12-18)15(2)21/h4-12H,3,13-14H2,1-2H3. The summed E-state index contributed by atoms with van der Waals surface area (Å²) in [6, 6.07) is 16.7. The van der Waals surface area contributed by atoms with Crippen LogP contribution in [-0.2, 0) is 11.3 Å². The first-order valence-corrected chi connectivity index (χ1v) is 7.65. The molecule has 2 rings (SSSR count). The summed E-state index contributed by atoms with van der Waals surface area (Å²) in [5.41, 5.74) is 1.66. The number of hydrogen-bond donors (Lipinski definition) is 0. The maximum absolute atomic E-state index is 12.3. The van der Waals surface area contributed by atoms with Crippen molar-refractivity contribution in [1.82, 2.24) is 4.90 Å². The van der Waals surface area contributed by atoms with Gasteiger partial charge in [0.05, 0.1) is 0 Å². The fraction of sp³-hybridized carbons (Fsp3) is 0.263. The minimum atomic E-state index is -0.0791. The molecule has 0 atom stereocenters. The molecule has 0 fully saturated rings. The van der Waals surface area contributed by atoms with Crippen molar-refractivity contribution in [3.63, 3.8) is 0 Å². The molecule has 2 aromatic rings. The molecular weight excluding hydrogens is 290 g/mol. The van der Waals surface area contributed by atoms with Crippen molar-refractivity contribution in [3.8, 4) is 5.75 Å². The quantitative estimate of drug-likeness (QED) is 0.737. The molecule has 0 aromatic heterocycles. The van der Waals surface area contributed by atoms with Gasteiger partial charge in [0.15, 0.2) is 12.4 Å². The largest absolute Gasteiger partial charge is 0.484 e. The maximum atomic E-state index is 12.3. The lowest BCUT2D eigenvalue weighted by Gasteiger charge is -2.21. The monoisotopic (exact) mass is 311 g/mol. The zero-order valence-corrected chi connectivity index (χ0v) is 13.5. The van der Waals surface area contributed by atoms with Gasteiger partial charge in [-0.2, -0.15) is 0 Å². The second-order valence-electron chi connectivity index (χ2n) is 5.27. The molecule has 2 aromatic carbocycles. The fourth-order valence-corrected chi connectivity index (χ4v) is 2.22. The van der Waals surface area contributed by atoms with Crippen LogP contribution < -0.4 is 4.74 Å². The number of amides is 1. The van der Waals surface area contributed by atoms with Gasteiger partial charge in [-0.25, -0.2) is 0 Å². The zero-order valence-electron chi connectivity index (χ0n) is 13.5. The van der Waals surface area contributed by atoms with E-state index in [1.807, 2.05) is 37.3 Å². The Hall–Kier alpha value is -2.62. The number of nitrogens with zero attached hydrogens (tertiary/aromatic N) is 1. The summed E-state index contributed by atoms with van der Waals surface area (Å²) in [7, 11) is 0. The number of carbonyl (C=O) groups excluding carboxylic acids is 2. The number of benzene rings is 2. The summed E-state index contributed by atoms with van der Waals surface area (Å²) in [5, 5.41) is 0. The highest BCUT2D eigenvalue weighted by Gasteiger charge is 2.13. The number of hydrogen-bond acceptors (Lipinski definition) is 3. The van der Waals surface area contributed by atoms with Crippen molar-refractivity contribution < 1.29 is 14.3 Å². The third kappa shape index (κ3) is 4.95. The first-order valence-electron chi connectivity index (χ1n) is 7.65. The van der Waals surface area contributed by atoms with E-state index in [9.17, 15) is 9.59 Å². The lowest BCUT2D eigenvalue weighted by atomic mass is 10.1. The van der Waals surface area contributed by atoms with E-state index in [2.05, 4.69) is 0 Å². The summed E-state index contributed by atoms with van der Waals surface area (Å²) in [4.78, 5) is 25.4. The molecule has 120 valence electrons.